The van der Waals surface area contributed by atoms with Crippen LogP contribution in [0.3, 0.4) is 0 Å². The number of esters is 1. The molecule has 1 atom stereocenters. The van der Waals surface area contributed by atoms with Crippen molar-refractivity contribution in [3.63, 3.8) is 0 Å². The van der Waals surface area contributed by atoms with Gasteiger partial charge in [0.2, 0.25) is 5.91 Å². The third-order valence-electron chi connectivity index (χ3n) is 4.33. The molecule has 1 aromatic carbocycles. The standard InChI is InChI=1S/C21H24N2O4S/c1-5-11-26-16-8-6-15(7-9-16)19-18(20(25)27-13(2)3)14(4)22-21-23(19)17(24)10-12-28-21/h5-9,13,19H,1,10-12H2,2-4H3/t19-/m0/s1. The maximum Gasteiger partial charge on any atom is 0.338 e. The van der Waals surface area contributed by atoms with E-state index >= 15 is 0 Å². The lowest BCUT2D eigenvalue weighted by Crippen LogP contribution is -2.46. The Labute approximate surface area is 169 Å². The van der Waals surface area contributed by atoms with Gasteiger partial charge < -0.3 is 9.47 Å². The van der Waals surface area contributed by atoms with Crippen LogP contribution in [0.25, 0.3) is 0 Å². The van der Waals surface area contributed by atoms with Crippen LogP contribution in [0.4, 0.5) is 0 Å². The molecular formula is C21H24N2O4S. The van der Waals surface area contributed by atoms with E-state index in [1.54, 1.807) is 31.7 Å². The first-order valence-corrected chi connectivity index (χ1v) is 10.2. The number of amides is 1. The molecule has 2 heterocycles. The number of hydrogen-bond donors (Lipinski definition) is 0. The van der Waals surface area contributed by atoms with Gasteiger partial charge in [-0.25, -0.2) is 9.79 Å². The topological polar surface area (TPSA) is 68.2 Å². The lowest BCUT2D eigenvalue weighted by molar-refractivity contribution is -0.143. The normalized spacial score (nSPS) is 19.3. The van der Waals surface area contributed by atoms with Gasteiger partial charge in [-0.1, -0.05) is 36.5 Å². The molecule has 0 N–H and O–H groups in total. The summed E-state index contributed by atoms with van der Waals surface area (Å²) in [5.74, 6) is 0.890. The largest absolute Gasteiger partial charge is 0.490 e. The van der Waals surface area contributed by atoms with Gasteiger partial charge in [-0.15, -0.1) is 0 Å². The molecule has 7 heteroatoms. The molecule has 1 saturated heterocycles. The number of carbonyl (C=O) groups is 2. The molecular weight excluding hydrogens is 376 g/mol. The van der Waals surface area contributed by atoms with E-state index in [0.29, 0.717) is 41.0 Å². The minimum atomic E-state index is -0.562. The number of carbonyl (C=O) groups excluding carboxylic acids is 2. The van der Waals surface area contributed by atoms with Crippen LogP contribution < -0.4 is 4.74 Å². The molecule has 2 aliphatic heterocycles. The molecule has 2 aliphatic rings. The molecule has 0 aromatic heterocycles. The molecule has 1 fully saturated rings. The highest BCUT2D eigenvalue weighted by molar-refractivity contribution is 8.14. The zero-order chi connectivity index (χ0) is 20.3. The van der Waals surface area contributed by atoms with E-state index in [-0.39, 0.29) is 12.0 Å². The van der Waals surface area contributed by atoms with Crippen LogP contribution in [0.15, 0.2) is 53.2 Å². The lowest BCUT2D eigenvalue weighted by atomic mass is 9.94. The zero-order valence-electron chi connectivity index (χ0n) is 16.3. The minimum absolute atomic E-state index is 0.0446. The summed E-state index contributed by atoms with van der Waals surface area (Å²) in [5, 5.41) is 0.631. The van der Waals surface area contributed by atoms with Crippen molar-refractivity contribution in [2.24, 2.45) is 4.99 Å². The van der Waals surface area contributed by atoms with Crippen molar-refractivity contribution in [3.05, 3.63) is 53.8 Å². The Kier molecular flexibility index (Phi) is 6.24. The van der Waals surface area contributed by atoms with Crippen LogP contribution in [-0.4, -0.2) is 40.4 Å². The molecule has 0 bridgehead atoms. The molecule has 3 rings (SSSR count). The van der Waals surface area contributed by atoms with Crippen molar-refractivity contribution in [1.82, 2.24) is 4.90 Å². The first kappa shape index (κ1) is 20.2. The Hall–Kier alpha value is -2.54. The highest BCUT2D eigenvalue weighted by Crippen LogP contribution is 2.40. The van der Waals surface area contributed by atoms with Crippen molar-refractivity contribution < 1.29 is 19.1 Å². The summed E-state index contributed by atoms with van der Waals surface area (Å²) in [7, 11) is 0. The number of ether oxygens (including phenoxy) is 2. The van der Waals surface area contributed by atoms with Gasteiger partial charge >= 0.3 is 5.97 Å². The Morgan fingerprint density at radius 1 is 1.39 bits per heavy atom. The van der Waals surface area contributed by atoms with Gasteiger partial charge in [0.05, 0.1) is 23.4 Å². The van der Waals surface area contributed by atoms with Gasteiger partial charge in [-0.3, -0.25) is 9.69 Å². The van der Waals surface area contributed by atoms with Crippen molar-refractivity contribution in [1.29, 1.82) is 0 Å². The highest BCUT2D eigenvalue weighted by atomic mass is 32.2. The van der Waals surface area contributed by atoms with Crippen LogP contribution in [-0.2, 0) is 14.3 Å². The van der Waals surface area contributed by atoms with Crippen molar-refractivity contribution in [3.8, 4) is 5.75 Å². The second kappa shape index (κ2) is 8.65. The molecule has 1 aromatic rings. The van der Waals surface area contributed by atoms with E-state index in [1.165, 1.54) is 11.8 Å². The summed E-state index contributed by atoms with van der Waals surface area (Å²) in [4.78, 5) is 31.7. The number of nitrogens with zero attached hydrogens (tertiary/aromatic N) is 2. The van der Waals surface area contributed by atoms with Crippen molar-refractivity contribution in [2.75, 3.05) is 12.4 Å². The molecule has 0 unspecified atom stereocenters. The zero-order valence-corrected chi connectivity index (χ0v) is 17.1. The van der Waals surface area contributed by atoms with Crippen LogP contribution in [0.2, 0.25) is 0 Å². The van der Waals surface area contributed by atoms with Gasteiger partial charge in [0, 0.05) is 12.2 Å². The number of aliphatic imine (C=N–C) groups is 1. The highest BCUT2D eigenvalue weighted by Gasteiger charge is 2.41. The first-order valence-electron chi connectivity index (χ1n) is 9.21. The fourth-order valence-corrected chi connectivity index (χ4v) is 4.16. The summed E-state index contributed by atoms with van der Waals surface area (Å²) in [6, 6.07) is 6.83. The average molecular weight is 401 g/mol. The molecule has 148 valence electrons. The molecule has 0 saturated carbocycles. The van der Waals surface area contributed by atoms with Gasteiger partial charge in [-0.2, -0.15) is 0 Å². The summed E-state index contributed by atoms with van der Waals surface area (Å²) in [6.07, 6.45) is 1.82. The first-order chi connectivity index (χ1) is 13.4. The summed E-state index contributed by atoms with van der Waals surface area (Å²) in [5.41, 5.74) is 1.79. The van der Waals surface area contributed by atoms with Gasteiger partial charge in [-0.05, 0) is 38.5 Å². The predicted molar refractivity (Wildman–Crippen MR) is 110 cm³/mol. The van der Waals surface area contributed by atoms with Crippen molar-refractivity contribution >= 4 is 28.8 Å². The van der Waals surface area contributed by atoms with Crippen LogP contribution >= 0.6 is 11.8 Å². The Bertz CT molecular complexity index is 842. The van der Waals surface area contributed by atoms with E-state index in [0.717, 1.165) is 5.56 Å². The Morgan fingerprint density at radius 2 is 2.11 bits per heavy atom. The molecule has 0 aliphatic carbocycles. The SMILES string of the molecule is C=CCOc1ccc([C@H]2C(C(=O)OC(C)C)=C(C)N=C3SCCC(=O)N32)cc1. The Morgan fingerprint density at radius 3 is 2.75 bits per heavy atom. The number of rotatable bonds is 6. The number of allylic oxidation sites excluding steroid dienone is 1. The van der Waals surface area contributed by atoms with Crippen LogP contribution in [0, 0.1) is 0 Å². The fraction of sp³-hybridized carbons (Fsp3) is 0.381. The molecule has 0 spiro atoms. The van der Waals surface area contributed by atoms with Gasteiger partial charge in [0.1, 0.15) is 12.4 Å². The van der Waals surface area contributed by atoms with E-state index in [9.17, 15) is 9.59 Å². The summed E-state index contributed by atoms with van der Waals surface area (Å²) < 4.78 is 11.0. The maximum absolute atomic E-state index is 12.9. The van der Waals surface area contributed by atoms with Gasteiger partial charge in [0.25, 0.3) is 0 Å². The molecule has 28 heavy (non-hydrogen) atoms. The number of benzene rings is 1. The molecule has 6 nitrogen and oxygen atoms in total. The fourth-order valence-electron chi connectivity index (χ4n) is 3.15. The smallest absolute Gasteiger partial charge is 0.338 e. The third kappa shape index (κ3) is 4.14. The number of thioether (sulfide) groups is 1. The molecule has 1 amide bonds. The second-order valence-electron chi connectivity index (χ2n) is 6.78. The maximum atomic E-state index is 12.9. The van der Waals surface area contributed by atoms with E-state index < -0.39 is 12.0 Å². The predicted octanol–water partition coefficient (Wildman–Crippen LogP) is 3.85. The average Bonchev–Trinajstić information content (AvgIpc) is 2.65. The summed E-state index contributed by atoms with van der Waals surface area (Å²) >= 11 is 1.53. The third-order valence-corrected chi connectivity index (χ3v) is 5.29. The Balaban J connectivity index is 2.04. The second-order valence-corrected chi connectivity index (χ2v) is 7.84. The van der Waals surface area contributed by atoms with Crippen molar-refractivity contribution in [2.45, 2.75) is 39.3 Å². The van der Waals surface area contributed by atoms with E-state index in [2.05, 4.69) is 11.6 Å². The monoisotopic (exact) mass is 400 g/mol. The summed E-state index contributed by atoms with van der Waals surface area (Å²) in [6.45, 7) is 9.43. The van der Waals surface area contributed by atoms with Gasteiger partial charge in [0.15, 0.2) is 5.17 Å². The van der Waals surface area contributed by atoms with Crippen LogP contribution in [0.5, 0.6) is 5.75 Å². The number of amidine groups is 1. The van der Waals surface area contributed by atoms with Crippen LogP contribution in [0.1, 0.15) is 38.8 Å². The number of hydrogen-bond acceptors (Lipinski definition) is 6. The van der Waals surface area contributed by atoms with E-state index in [1.807, 2.05) is 24.3 Å². The lowest BCUT2D eigenvalue weighted by Gasteiger charge is -2.39. The minimum Gasteiger partial charge on any atom is -0.490 e. The molecule has 0 radical (unpaired) electrons. The quantitative estimate of drug-likeness (QED) is 0.536. The number of fused-ring (bicyclic) bond motifs is 1. The van der Waals surface area contributed by atoms with E-state index in [4.69, 9.17) is 9.47 Å².